The summed E-state index contributed by atoms with van der Waals surface area (Å²) in [7, 11) is -3.25. The molecule has 0 fully saturated rings. The van der Waals surface area contributed by atoms with E-state index in [4.69, 9.17) is 0 Å². The van der Waals surface area contributed by atoms with Gasteiger partial charge in [-0.1, -0.05) is 39.0 Å². The molecule has 0 aliphatic carbocycles. The molecule has 1 aromatic carbocycles. The Kier molecular flexibility index (Phi) is 4.46. The van der Waals surface area contributed by atoms with E-state index in [1.54, 1.807) is 31.2 Å². The Morgan fingerprint density at radius 2 is 1.82 bits per heavy atom. The largest absolute Gasteiger partial charge is 0.299 e. The normalized spacial score (nSPS) is 11.8. The highest BCUT2D eigenvalue weighted by molar-refractivity contribution is 7.91. The smallest absolute Gasteiger partial charge is 0.178 e. The molecular weight excluding hydrogens is 236 g/mol. The minimum absolute atomic E-state index is 0.0554. The van der Waals surface area contributed by atoms with Crippen LogP contribution in [0, 0.1) is 5.92 Å². The quantitative estimate of drug-likeness (QED) is 0.809. The minimum atomic E-state index is -3.25. The molecule has 17 heavy (non-hydrogen) atoms. The van der Waals surface area contributed by atoms with Gasteiger partial charge in [0.1, 0.15) is 5.78 Å². The number of benzene rings is 1. The summed E-state index contributed by atoms with van der Waals surface area (Å²) in [6.45, 7) is 5.24. The summed E-state index contributed by atoms with van der Waals surface area (Å²) in [4.78, 5) is 12.0. The van der Waals surface area contributed by atoms with E-state index in [0.717, 1.165) is 0 Å². The van der Waals surface area contributed by atoms with Crippen molar-refractivity contribution in [1.82, 2.24) is 0 Å². The first kappa shape index (κ1) is 13.9. The average Bonchev–Trinajstić information content (AvgIpc) is 2.29. The van der Waals surface area contributed by atoms with Gasteiger partial charge in [-0.25, -0.2) is 8.42 Å². The third-order valence-corrected chi connectivity index (χ3v) is 4.52. The van der Waals surface area contributed by atoms with E-state index in [0.29, 0.717) is 5.56 Å². The maximum Gasteiger partial charge on any atom is 0.178 e. The number of carbonyl (C=O) groups is 1. The molecule has 4 heteroatoms. The molecule has 0 N–H and O–H groups in total. The lowest BCUT2D eigenvalue weighted by Gasteiger charge is -2.09. The summed E-state index contributed by atoms with van der Waals surface area (Å²) in [5.41, 5.74) is 0.605. The Bertz CT molecular complexity index is 501. The third-order valence-electron chi connectivity index (χ3n) is 2.70. The maximum atomic E-state index is 11.9. The van der Waals surface area contributed by atoms with E-state index >= 15 is 0 Å². The Morgan fingerprint density at radius 3 is 2.35 bits per heavy atom. The zero-order valence-electron chi connectivity index (χ0n) is 10.4. The van der Waals surface area contributed by atoms with Gasteiger partial charge in [-0.2, -0.15) is 0 Å². The monoisotopic (exact) mass is 254 g/mol. The SMILES string of the molecule is CCS(=O)(=O)c1ccccc1CC(=O)C(C)C. The van der Waals surface area contributed by atoms with Crippen molar-refractivity contribution >= 4 is 15.6 Å². The van der Waals surface area contributed by atoms with Crippen molar-refractivity contribution in [3.63, 3.8) is 0 Å². The van der Waals surface area contributed by atoms with Crippen molar-refractivity contribution in [3.8, 4) is 0 Å². The Morgan fingerprint density at radius 1 is 1.24 bits per heavy atom. The second-order valence-corrected chi connectivity index (χ2v) is 6.56. The highest BCUT2D eigenvalue weighted by atomic mass is 32.2. The second-order valence-electron chi connectivity index (χ2n) is 4.31. The van der Waals surface area contributed by atoms with Gasteiger partial charge >= 0.3 is 0 Å². The predicted molar refractivity (Wildman–Crippen MR) is 67.7 cm³/mol. The molecule has 1 aromatic rings. The third kappa shape index (κ3) is 3.40. The number of ketones is 1. The van der Waals surface area contributed by atoms with Gasteiger partial charge in [-0.05, 0) is 11.6 Å². The molecule has 0 aliphatic rings. The van der Waals surface area contributed by atoms with Gasteiger partial charge in [0, 0.05) is 12.3 Å². The van der Waals surface area contributed by atoms with Crippen molar-refractivity contribution in [1.29, 1.82) is 0 Å². The number of rotatable bonds is 5. The lowest BCUT2D eigenvalue weighted by molar-refractivity contribution is -0.121. The van der Waals surface area contributed by atoms with Crippen LogP contribution in [0.25, 0.3) is 0 Å². The van der Waals surface area contributed by atoms with Crippen LogP contribution in [0.3, 0.4) is 0 Å². The van der Waals surface area contributed by atoms with Crippen LogP contribution in [0.1, 0.15) is 26.3 Å². The van der Waals surface area contributed by atoms with Crippen molar-refractivity contribution in [3.05, 3.63) is 29.8 Å². The van der Waals surface area contributed by atoms with Gasteiger partial charge in [-0.3, -0.25) is 4.79 Å². The van der Waals surface area contributed by atoms with Gasteiger partial charge in [0.2, 0.25) is 0 Å². The van der Waals surface area contributed by atoms with Crippen LogP contribution < -0.4 is 0 Å². The molecule has 0 heterocycles. The molecular formula is C13H18O3S. The van der Waals surface area contributed by atoms with Crippen molar-refractivity contribution in [2.75, 3.05) is 5.75 Å². The first-order valence-corrected chi connectivity index (χ1v) is 7.37. The molecule has 0 saturated heterocycles. The standard InChI is InChI=1S/C13H18O3S/c1-4-17(15,16)13-8-6-5-7-11(13)9-12(14)10(2)3/h5-8,10H,4,9H2,1-3H3. The van der Waals surface area contributed by atoms with E-state index < -0.39 is 9.84 Å². The zero-order chi connectivity index (χ0) is 13.1. The predicted octanol–water partition coefficient (Wildman–Crippen LogP) is 2.25. The van der Waals surface area contributed by atoms with E-state index in [1.807, 2.05) is 13.8 Å². The maximum absolute atomic E-state index is 11.9. The lowest BCUT2D eigenvalue weighted by atomic mass is 10.0. The Balaban J connectivity index is 3.14. The number of carbonyl (C=O) groups excluding carboxylic acids is 1. The van der Waals surface area contributed by atoms with Gasteiger partial charge in [0.25, 0.3) is 0 Å². The summed E-state index contributed by atoms with van der Waals surface area (Å²) in [5, 5.41) is 0. The number of hydrogen-bond acceptors (Lipinski definition) is 3. The van der Waals surface area contributed by atoms with Crippen LogP contribution in [0.15, 0.2) is 29.2 Å². The molecule has 0 unspecified atom stereocenters. The fraction of sp³-hybridized carbons (Fsp3) is 0.462. The second kappa shape index (κ2) is 5.45. The molecule has 94 valence electrons. The van der Waals surface area contributed by atoms with Crippen molar-refractivity contribution in [2.24, 2.45) is 5.92 Å². The Labute approximate surface area is 103 Å². The first-order valence-electron chi connectivity index (χ1n) is 5.72. The molecule has 0 radical (unpaired) electrons. The van der Waals surface area contributed by atoms with E-state index in [9.17, 15) is 13.2 Å². The molecule has 0 spiro atoms. The summed E-state index contributed by atoms with van der Waals surface area (Å²) < 4.78 is 23.7. The molecule has 0 bridgehead atoms. The molecule has 0 saturated carbocycles. The molecule has 1 rings (SSSR count). The zero-order valence-corrected chi connectivity index (χ0v) is 11.3. The van der Waals surface area contributed by atoms with E-state index in [1.165, 1.54) is 0 Å². The average molecular weight is 254 g/mol. The number of hydrogen-bond donors (Lipinski definition) is 0. The lowest BCUT2D eigenvalue weighted by Crippen LogP contribution is -2.14. The van der Waals surface area contributed by atoms with Crippen LogP contribution in [0.4, 0.5) is 0 Å². The molecule has 0 atom stereocenters. The molecule has 0 aliphatic heterocycles. The van der Waals surface area contributed by atoms with Crippen LogP contribution >= 0.6 is 0 Å². The fourth-order valence-corrected chi connectivity index (χ4v) is 2.64. The Hall–Kier alpha value is -1.16. The van der Waals surface area contributed by atoms with Crippen LogP contribution in [0.2, 0.25) is 0 Å². The van der Waals surface area contributed by atoms with Gasteiger partial charge in [0.15, 0.2) is 9.84 Å². The summed E-state index contributed by atoms with van der Waals surface area (Å²) in [6, 6.07) is 6.73. The summed E-state index contributed by atoms with van der Waals surface area (Å²) in [5.74, 6) is 0.0380. The molecule has 0 aromatic heterocycles. The fourth-order valence-electron chi connectivity index (χ4n) is 1.50. The summed E-state index contributed by atoms with van der Waals surface area (Å²) >= 11 is 0. The number of sulfone groups is 1. The van der Waals surface area contributed by atoms with Crippen molar-refractivity contribution < 1.29 is 13.2 Å². The van der Waals surface area contributed by atoms with Crippen LogP contribution in [0.5, 0.6) is 0 Å². The topological polar surface area (TPSA) is 51.2 Å². The first-order chi connectivity index (χ1) is 7.88. The van der Waals surface area contributed by atoms with Crippen LogP contribution in [-0.2, 0) is 21.1 Å². The molecule has 0 amide bonds. The van der Waals surface area contributed by atoms with Crippen molar-refractivity contribution in [2.45, 2.75) is 32.1 Å². The minimum Gasteiger partial charge on any atom is -0.299 e. The highest BCUT2D eigenvalue weighted by Crippen LogP contribution is 2.18. The summed E-state index contributed by atoms with van der Waals surface area (Å²) in [6.07, 6.45) is 0.188. The van der Waals surface area contributed by atoms with Gasteiger partial charge in [-0.15, -0.1) is 0 Å². The van der Waals surface area contributed by atoms with Gasteiger partial charge in [0.05, 0.1) is 10.6 Å². The number of Topliss-reactive ketones (excluding diaryl/α,β-unsaturated/α-hetero) is 1. The van der Waals surface area contributed by atoms with E-state index in [2.05, 4.69) is 0 Å². The highest BCUT2D eigenvalue weighted by Gasteiger charge is 2.18. The van der Waals surface area contributed by atoms with E-state index in [-0.39, 0.29) is 28.8 Å². The molecule has 3 nitrogen and oxygen atoms in total. The van der Waals surface area contributed by atoms with Gasteiger partial charge < -0.3 is 0 Å². The van der Waals surface area contributed by atoms with Crippen LogP contribution in [-0.4, -0.2) is 20.0 Å².